The third-order valence-corrected chi connectivity index (χ3v) is 5.41. The molecule has 0 radical (unpaired) electrons. The zero-order chi connectivity index (χ0) is 22.1. The number of hydrogen-bond acceptors (Lipinski definition) is 5. The summed E-state index contributed by atoms with van der Waals surface area (Å²) in [4.78, 5) is 50.8. The Bertz CT molecular complexity index is 853. The standard InChI is InChI=1S/C19H20F3N3O5/c1-30-15(27)12-7-9-24(10-8-12)14(26)11-25-16(28)18(19(20,21)22,23-17(25)29)13-5-3-2-4-6-13/h2-6,12H,7-11H2,1H3,(H,23,29). The number of ether oxygens (including phenoxy) is 1. The molecule has 1 unspecified atom stereocenters. The number of carbonyl (C=O) groups excluding carboxylic acids is 4. The molecule has 1 aromatic rings. The molecule has 2 fully saturated rings. The van der Waals surface area contributed by atoms with Crippen LogP contribution in [0.15, 0.2) is 30.3 Å². The van der Waals surface area contributed by atoms with Crippen molar-refractivity contribution in [2.24, 2.45) is 5.92 Å². The molecule has 2 aliphatic heterocycles. The Balaban J connectivity index is 1.76. The van der Waals surface area contributed by atoms with Gasteiger partial charge in [0.15, 0.2) is 0 Å². The van der Waals surface area contributed by atoms with Crippen LogP contribution in [0.25, 0.3) is 0 Å². The number of nitrogens with one attached hydrogen (secondary N) is 1. The molecule has 1 N–H and O–H groups in total. The highest BCUT2D eigenvalue weighted by molar-refractivity contribution is 6.10. The lowest BCUT2D eigenvalue weighted by Gasteiger charge is -2.32. The highest BCUT2D eigenvalue weighted by atomic mass is 19.4. The van der Waals surface area contributed by atoms with Gasteiger partial charge in [-0.05, 0) is 18.4 Å². The van der Waals surface area contributed by atoms with Gasteiger partial charge in [-0.15, -0.1) is 0 Å². The molecule has 2 saturated heterocycles. The fourth-order valence-corrected chi connectivity index (χ4v) is 3.73. The van der Waals surface area contributed by atoms with Gasteiger partial charge in [0.05, 0.1) is 13.0 Å². The number of carbonyl (C=O) groups is 4. The van der Waals surface area contributed by atoms with E-state index in [0.717, 1.165) is 12.1 Å². The third-order valence-electron chi connectivity index (χ3n) is 5.41. The van der Waals surface area contributed by atoms with Gasteiger partial charge in [-0.3, -0.25) is 19.3 Å². The summed E-state index contributed by atoms with van der Waals surface area (Å²) in [5.41, 5.74) is -3.69. The van der Waals surface area contributed by atoms with Crippen molar-refractivity contribution in [3.8, 4) is 0 Å². The van der Waals surface area contributed by atoms with Crippen LogP contribution in [0.5, 0.6) is 0 Å². The van der Waals surface area contributed by atoms with E-state index in [1.165, 1.54) is 30.2 Å². The Hall–Kier alpha value is -3.11. The number of alkyl halides is 3. The van der Waals surface area contributed by atoms with Gasteiger partial charge in [0.25, 0.3) is 5.91 Å². The highest BCUT2D eigenvalue weighted by Gasteiger charge is 2.68. The zero-order valence-electron chi connectivity index (χ0n) is 16.1. The Kier molecular flexibility index (Phi) is 5.73. The summed E-state index contributed by atoms with van der Waals surface area (Å²) in [7, 11) is 1.26. The lowest BCUT2D eigenvalue weighted by atomic mass is 9.89. The fraction of sp³-hybridized carbons (Fsp3) is 0.474. The first-order valence-electron chi connectivity index (χ1n) is 9.23. The van der Waals surface area contributed by atoms with Gasteiger partial charge < -0.3 is 15.0 Å². The first kappa shape index (κ1) is 21.6. The average molecular weight is 427 g/mol. The Labute approximate surface area is 169 Å². The van der Waals surface area contributed by atoms with Crippen LogP contribution < -0.4 is 5.32 Å². The first-order chi connectivity index (χ1) is 14.1. The quantitative estimate of drug-likeness (QED) is 0.579. The minimum absolute atomic E-state index is 0.172. The van der Waals surface area contributed by atoms with Crippen LogP contribution in [0, 0.1) is 5.92 Å². The molecule has 0 aliphatic carbocycles. The van der Waals surface area contributed by atoms with Gasteiger partial charge in [0.1, 0.15) is 6.54 Å². The Morgan fingerprint density at radius 2 is 1.77 bits per heavy atom. The van der Waals surface area contributed by atoms with Gasteiger partial charge in [-0.2, -0.15) is 13.2 Å². The zero-order valence-corrected chi connectivity index (χ0v) is 16.1. The molecule has 4 amide bonds. The molecular formula is C19H20F3N3O5. The SMILES string of the molecule is COC(=O)C1CCN(C(=O)CN2C(=O)NC(c3ccccc3)(C(F)(F)F)C2=O)CC1. The molecule has 2 heterocycles. The lowest BCUT2D eigenvalue weighted by Crippen LogP contribution is -2.56. The number of halogens is 3. The van der Waals surface area contributed by atoms with Gasteiger partial charge in [-0.1, -0.05) is 30.3 Å². The summed E-state index contributed by atoms with van der Waals surface area (Å²) >= 11 is 0. The number of nitrogens with zero attached hydrogens (tertiary/aromatic N) is 2. The molecule has 0 saturated carbocycles. The van der Waals surface area contributed by atoms with Crippen molar-refractivity contribution in [1.82, 2.24) is 15.1 Å². The summed E-state index contributed by atoms with van der Waals surface area (Å²) < 4.78 is 46.5. The maximum atomic E-state index is 13.9. The number of benzene rings is 1. The van der Waals surface area contributed by atoms with Crippen LogP contribution in [0.3, 0.4) is 0 Å². The van der Waals surface area contributed by atoms with E-state index >= 15 is 0 Å². The number of piperidine rings is 1. The smallest absolute Gasteiger partial charge is 0.425 e. The number of methoxy groups -OCH3 is 1. The molecule has 0 bridgehead atoms. The lowest BCUT2D eigenvalue weighted by molar-refractivity contribution is -0.198. The van der Waals surface area contributed by atoms with Crippen molar-refractivity contribution in [3.05, 3.63) is 35.9 Å². The molecule has 1 atom stereocenters. The second-order valence-corrected chi connectivity index (χ2v) is 7.11. The van der Waals surface area contributed by atoms with Crippen LogP contribution in [-0.4, -0.2) is 66.5 Å². The Morgan fingerprint density at radius 3 is 2.30 bits per heavy atom. The van der Waals surface area contributed by atoms with Gasteiger partial charge in [0, 0.05) is 13.1 Å². The maximum Gasteiger partial charge on any atom is 0.425 e. The predicted molar refractivity (Wildman–Crippen MR) is 95.7 cm³/mol. The molecule has 0 aromatic heterocycles. The summed E-state index contributed by atoms with van der Waals surface area (Å²) in [6.45, 7) is -0.477. The van der Waals surface area contributed by atoms with E-state index in [0.29, 0.717) is 12.8 Å². The number of esters is 1. The van der Waals surface area contributed by atoms with Crippen LogP contribution in [0.2, 0.25) is 0 Å². The van der Waals surface area contributed by atoms with Crippen LogP contribution >= 0.6 is 0 Å². The Morgan fingerprint density at radius 1 is 1.17 bits per heavy atom. The van der Waals surface area contributed by atoms with E-state index < -0.39 is 47.6 Å². The van der Waals surface area contributed by atoms with E-state index in [9.17, 15) is 32.3 Å². The second kappa shape index (κ2) is 7.96. The topological polar surface area (TPSA) is 96.0 Å². The van der Waals surface area contributed by atoms with E-state index in [4.69, 9.17) is 0 Å². The summed E-state index contributed by atoms with van der Waals surface area (Å²) in [5, 5.41) is 1.74. The average Bonchev–Trinajstić information content (AvgIpc) is 2.99. The van der Waals surface area contributed by atoms with E-state index in [-0.39, 0.29) is 23.9 Å². The van der Waals surface area contributed by atoms with Crippen molar-refractivity contribution in [1.29, 1.82) is 0 Å². The molecule has 2 aliphatic rings. The van der Waals surface area contributed by atoms with Crippen LogP contribution in [-0.2, 0) is 24.7 Å². The predicted octanol–water partition coefficient (Wildman–Crippen LogP) is 1.41. The number of imide groups is 1. The monoisotopic (exact) mass is 427 g/mol. The fourth-order valence-electron chi connectivity index (χ4n) is 3.73. The molecule has 1 aromatic carbocycles. The molecular weight excluding hydrogens is 407 g/mol. The molecule has 3 rings (SSSR count). The number of urea groups is 1. The number of amides is 4. The summed E-state index contributed by atoms with van der Waals surface area (Å²) in [5.74, 6) is -2.99. The normalized spacial score (nSPS) is 22.8. The summed E-state index contributed by atoms with van der Waals surface area (Å²) in [6.07, 6.45) is -4.46. The van der Waals surface area contributed by atoms with Crippen molar-refractivity contribution in [2.75, 3.05) is 26.7 Å². The largest absolute Gasteiger partial charge is 0.469 e. The molecule has 30 heavy (non-hydrogen) atoms. The van der Waals surface area contributed by atoms with Gasteiger partial charge in [-0.25, -0.2) is 4.79 Å². The van der Waals surface area contributed by atoms with Gasteiger partial charge >= 0.3 is 18.2 Å². The minimum Gasteiger partial charge on any atom is -0.469 e. The number of likely N-dealkylation sites (tertiary alicyclic amines) is 1. The third kappa shape index (κ3) is 3.59. The van der Waals surface area contributed by atoms with E-state index in [2.05, 4.69) is 4.74 Å². The maximum absolute atomic E-state index is 13.9. The van der Waals surface area contributed by atoms with E-state index in [1.54, 1.807) is 5.32 Å². The van der Waals surface area contributed by atoms with E-state index in [1.807, 2.05) is 0 Å². The molecule has 8 nitrogen and oxygen atoms in total. The van der Waals surface area contributed by atoms with Crippen LogP contribution in [0.4, 0.5) is 18.0 Å². The van der Waals surface area contributed by atoms with Crippen molar-refractivity contribution >= 4 is 23.8 Å². The second-order valence-electron chi connectivity index (χ2n) is 7.11. The van der Waals surface area contributed by atoms with Crippen molar-refractivity contribution < 1.29 is 37.1 Å². The molecule has 11 heteroatoms. The number of hydrogen-bond donors (Lipinski definition) is 1. The highest BCUT2D eigenvalue weighted by Crippen LogP contribution is 2.43. The first-order valence-corrected chi connectivity index (χ1v) is 9.23. The number of rotatable bonds is 4. The minimum atomic E-state index is -5.11. The van der Waals surface area contributed by atoms with Crippen molar-refractivity contribution in [3.63, 3.8) is 0 Å². The molecule has 0 spiro atoms. The van der Waals surface area contributed by atoms with Gasteiger partial charge in [0.2, 0.25) is 11.4 Å². The summed E-state index contributed by atoms with van der Waals surface area (Å²) in [6, 6.07) is 5.01. The van der Waals surface area contributed by atoms with Crippen LogP contribution in [0.1, 0.15) is 18.4 Å². The molecule has 162 valence electrons. The van der Waals surface area contributed by atoms with Crippen molar-refractivity contribution in [2.45, 2.75) is 24.6 Å².